The van der Waals surface area contributed by atoms with Crippen LogP contribution in [0.15, 0.2) is 35.1 Å². The fourth-order valence-corrected chi connectivity index (χ4v) is 3.68. The topological polar surface area (TPSA) is 77.1 Å². The molecule has 0 amide bonds. The van der Waals surface area contributed by atoms with Crippen molar-refractivity contribution in [2.45, 2.75) is 33.1 Å². The summed E-state index contributed by atoms with van der Waals surface area (Å²) < 4.78 is 42.4. The normalized spacial score (nSPS) is 11.7. The van der Waals surface area contributed by atoms with Gasteiger partial charge in [0, 0.05) is 23.9 Å². The number of carboxylic acids is 1. The highest BCUT2D eigenvalue weighted by atomic mass is 35.5. The van der Waals surface area contributed by atoms with E-state index in [4.69, 9.17) is 23.2 Å². The molecule has 3 aromatic rings. The number of rotatable bonds is 5. The lowest BCUT2D eigenvalue weighted by Gasteiger charge is -2.21. The van der Waals surface area contributed by atoms with Gasteiger partial charge in [0.25, 0.3) is 0 Å². The van der Waals surface area contributed by atoms with Gasteiger partial charge in [0.05, 0.1) is 28.0 Å². The van der Waals surface area contributed by atoms with Crippen LogP contribution in [0.1, 0.15) is 34.4 Å². The van der Waals surface area contributed by atoms with Gasteiger partial charge in [0.1, 0.15) is 11.3 Å². The van der Waals surface area contributed by atoms with Gasteiger partial charge in [0.15, 0.2) is 5.43 Å². The predicted octanol–water partition coefficient (Wildman–Crippen LogP) is 5.11. The summed E-state index contributed by atoms with van der Waals surface area (Å²) in [7, 11) is 0. The lowest BCUT2D eigenvalue weighted by Crippen LogP contribution is -2.25. The Labute approximate surface area is 184 Å². The molecule has 0 saturated carbocycles. The number of hydrogen-bond donors (Lipinski definition) is 1. The Morgan fingerprint density at radius 1 is 1.16 bits per heavy atom. The first-order valence-electron chi connectivity index (χ1n) is 9.01. The molecule has 0 saturated heterocycles. The largest absolute Gasteiger partial charge is 0.477 e. The highest BCUT2D eigenvalue weighted by molar-refractivity contribution is 6.42. The van der Waals surface area contributed by atoms with Crippen LogP contribution >= 0.6 is 23.2 Å². The maximum absolute atomic E-state index is 13.4. The second-order valence-corrected chi connectivity index (χ2v) is 7.54. The van der Waals surface area contributed by atoms with Crippen molar-refractivity contribution in [2.24, 2.45) is 0 Å². The zero-order valence-electron chi connectivity index (χ0n) is 16.3. The first kappa shape index (κ1) is 22.9. The number of hydrogen-bond acceptors (Lipinski definition) is 3. The minimum atomic E-state index is -4.65. The van der Waals surface area contributed by atoms with Gasteiger partial charge >= 0.3 is 12.1 Å². The summed E-state index contributed by atoms with van der Waals surface area (Å²) in [5, 5.41) is 13.9. The quantitative estimate of drug-likeness (QED) is 0.558. The number of aromatic carboxylic acids is 1. The first-order chi connectivity index (χ1) is 14.4. The van der Waals surface area contributed by atoms with Crippen LogP contribution in [-0.2, 0) is 19.3 Å². The van der Waals surface area contributed by atoms with E-state index in [1.54, 1.807) is 6.92 Å². The number of aromatic nitrogens is 3. The lowest BCUT2D eigenvalue weighted by atomic mass is 10.0. The summed E-state index contributed by atoms with van der Waals surface area (Å²) in [6.45, 7) is 2.89. The molecular formula is C20H16Cl2F3N3O3. The van der Waals surface area contributed by atoms with Crippen LogP contribution in [0.25, 0.3) is 11.3 Å². The fraction of sp³-hybridized carbons (Fsp3) is 0.250. The van der Waals surface area contributed by atoms with Crippen LogP contribution in [0.5, 0.6) is 0 Å². The summed E-state index contributed by atoms with van der Waals surface area (Å²) in [4.78, 5) is 24.5. The van der Waals surface area contributed by atoms with Crippen LogP contribution in [0.3, 0.4) is 0 Å². The van der Waals surface area contributed by atoms with E-state index in [0.29, 0.717) is 5.56 Å². The molecule has 2 heterocycles. The summed E-state index contributed by atoms with van der Waals surface area (Å²) in [6.07, 6.45) is -4.65. The van der Waals surface area contributed by atoms with Crippen molar-refractivity contribution in [1.29, 1.82) is 0 Å². The van der Waals surface area contributed by atoms with E-state index in [-0.39, 0.29) is 40.2 Å². The van der Waals surface area contributed by atoms with E-state index in [1.165, 1.54) is 29.7 Å². The van der Waals surface area contributed by atoms with Crippen LogP contribution in [0, 0.1) is 6.92 Å². The van der Waals surface area contributed by atoms with Crippen molar-refractivity contribution in [1.82, 2.24) is 14.3 Å². The second-order valence-electron chi connectivity index (χ2n) is 6.73. The van der Waals surface area contributed by atoms with E-state index in [9.17, 15) is 27.9 Å². The lowest BCUT2D eigenvalue weighted by molar-refractivity contribution is -0.144. The SMILES string of the molecule is CCn1c(Cn2nc(C)cc2C(F)(F)F)cc(=O)c(C(=O)O)c1-c1ccc(Cl)c(Cl)c1. The van der Waals surface area contributed by atoms with Crippen molar-refractivity contribution >= 4 is 29.2 Å². The maximum Gasteiger partial charge on any atom is 0.433 e. The second kappa shape index (κ2) is 8.39. The molecule has 2 aromatic heterocycles. The number of carbonyl (C=O) groups is 1. The van der Waals surface area contributed by atoms with E-state index in [1.807, 2.05) is 0 Å². The molecule has 31 heavy (non-hydrogen) atoms. The standard InChI is InChI=1S/C20H16Cl2F3N3O3/c1-3-27-12(9-28-16(20(23,24)25)6-10(2)26-28)8-15(29)17(19(30)31)18(27)11-4-5-13(21)14(22)7-11/h4-8H,3,9H2,1-2H3,(H,30,31). The number of benzene rings is 1. The Morgan fingerprint density at radius 3 is 2.39 bits per heavy atom. The monoisotopic (exact) mass is 473 g/mol. The van der Waals surface area contributed by atoms with E-state index in [0.717, 1.165) is 16.8 Å². The Bertz CT molecular complexity index is 1230. The molecule has 164 valence electrons. The number of carboxylic acid groups (broad SMARTS) is 1. The molecule has 0 unspecified atom stereocenters. The number of nitrogens with zero attached hydrogens (tertiary/aromatic N) is 3. The number of pyridine rings is 1. The third kappa shape index (κ3) is 4.47. The molecule has 6 nitrogen and oxygen atoms in total. The number of alkyl halides is 3. The maximum atomic E-state index is 13.4. The molecule has 11 heteroatoms. The number of aryl methyl sites for hydroxylation is 1. The van der Waals surface area contributed by atoms with Gasteiger partial charge in [-0.2, -0.15) is 18.3 Å². The summed E-state index contributed by atoms with van der Waals surface area (Å²) in [6, 6.07) is 6.26. The summed E-state index contributed by atoms with van der Waals surface area (Å²) in [5.41, 5.74) is -1.70. The summed E-state index contributed by atoms with van der Waals surface area (Å²) in [5.74, 6) is -1.47. The Kier molecular flexibility index (Phi) is 6.20. The van der Waals surface area contributed by atoms with Gasteiger partial charge in [-0.15, -0.1) is 0 Å². The van der Waals surface area contributed by atoms with Gasteiger partial charge < -0.3 is 9.67 Å². The highest BCUT2D eigenvalue weighted by Gasteiger charge is 2.35. The molecule has 3 rings (SSSR count). The Balaban J connectivity index is 2.29. The molecule has 0 fully saturated rings. The van der Waals surface area contributed by atoms with Gasteiger partial charge in [-0.05, 0) is 32.0 Å². The smallest absolute Gasteiger partial charge is 0.433 e. The van der Waals surface area contributed by atoms with Crippen molar-refractivity contribution in [3.63, 3.8) is 0 Å². The molecule has 0 aliphatic carbocycles. The average Bonchev–Trinajstić information content (AvgIpc) is 3.03. The van der Waals surface area contributed by atoms with Crippen molar-refractivity contribution < 1.29 is 23.1 Å². The molecule has 0 radical (unpaired) electrons. The molecule has 0 atom stereocenters. The number of halogens is 5. The Morgan fingerprint density at radius 2 is 1.84 bits per heavy atom. The van der Waals surface area contributed by atoms with Crippen LogP contribution in [0.4, 0.5) is 13.2 Å². The third-order valence-electron chi connectivity index (χ3n) is 4.62. The molecule has 1 aromatic carbocycles. The Hall–Kier alpha value is -2.78. The highest BCUT2D eigenvalue weighted by Crippen LogP contribution is 2.32. The van der Waals surface area contributed by atoms with Gasteiger partial charge in [-0.3, -0.25) is 9.48 Å². The van der Waals surface area contributed by atoms with E-state index >= 15 is 0 Å². The fourth-order valence-electron chi connectivity index (χ4n) is 3.39. The molecule has 0 aliphatic rings. The molecule has 1 N–H and O–H groups in total. The van der Waals surface area contributed by atoms with E-state index < -0.39 is 28.8 Å². The summed E-state index contributed by atoms with van der Waals surface area (Å²) >= 11 is 12.0. The van der Waals surface area contributed by atoms with Crippen LogP contribution < -0.4 is 5.43 Å². The van der Waals surface area contributed by atoms with Gasteiger partial charge in [-0.25, -0.2) is 4.79 Å². The van der Waals surface area contributed by atoms with Crippen LogP contribution in [0.2, 0.25) is 10.0 Å². The van der Waals surface area contributed by atoms with Gasteiger partial charge in [0.2, 0.25) is 0 Å². The zero-order chi connectivity index (χ0) is 23.1. The predicted molar refractivity (Wildman–Crippen MR) is 110 cm³/mol. The third-order valence-corrected chi connectivity index (χ3v) is 5.36. The van der Waals surface area contributed by atoms with Crippen LogP contribution in [-0.4, -0.2) is 25.4 Å². The van der Waals surface area contributed by atoms with Crippen molar-refractivity contribution in [3.05, 3.63) is 73.2 Å². The molecule has 0 bridgehead atoms. The van der Waals surface area contributed by atoms with E-state index in [2.05, 4.69) is 5.10 Å². The van der Waals surface area contributed by atoms with Crippen molar-refractivity contribution in [3.8, 4) is 11.3 Å². The minimum absolute atomic E-state index is 0.0218. The molecule has 0 spiro atoms. The molecular weight excluding hydrogens is 458 g/mol. The van der Waals surface area contributed by atoms with Crippen molar-refractivity contribution in [2.75, 3.05) is 0 Å². The first-order valence-corrected chi connectivity index (χ1v) is 9.76. The molecule has 0 aliphatic heterocycles. The zero-order valence-corrected chi connectivity index (χ0v) is 17.8. The minimum Gasteiger partial charge on any atom is -0.477 e. The average molecular weight is 474 g/mol. The van der Waals surface area contributed by atoms with Gasteiger partial charge in [-0.1, -0.05) is 29.3 Å².